The molecule has 0 unspecified atom stereocenters. The average Bonchev–Trinajstić information content (AvgIpc) is 3.36. The number of anilines is 1. The molecular weight excluding hydrogens is 556 g/mol. The van der Waals surface area contributed by atoms with Crippen molar-refractivity contribution in [2.45, 2.75) is 43.8 Å². The monoisotopic (exact) mass is 573 g/mol. The zero-order chi connectivity index (χ0) is 28.7. The Hall–Kier alpha value is -3.37. The molecule has 0 spiro atoms. The SMILES string of the molecule is C[C@]12O[C@](C)(C[C@H]1COc1ncc(C(F)(F)F)cc1Cl)[C@H]1C(=O)N(c3ccc(C#N)c(C(F)(F)F)c3)C(=O)[C@H]12. The Bertz CT molecular complexity index is 1440. The number of rotatable bonds is 4. The van der Waals surface area contributed by atoms with E-state index in [0.29, 0.717) is 23.2 Å². The third-order valence-electron chi connectivity index (χ3n) is 7.74. The normalized spacial score (nSPS) is 30.1. The molecule has 1 aromatic heterocycles. The number of benzene rings is 1. The highest BCUT2D eigenvalue weighted by molar-refractivity contribution is 6.31. The maximum Gasteiger partial charge on any atom is 0.417 e. The number of hydrogen-bond acceptors (Lipinski definition) is 6. The molecule has 2 bridgehead atoms. The highest BCUT2D eigenvalue weighted by Gasteiger charge is 2.75. The second-order valence-electron chi connectivity index (χ2n) is 10.1. The van der Waals surface area contributed by atoms with Crippen LogP contribution in [-0.4, -0.2) is 34.6 Å². The Morgan fingerprint density at radius 2 is 1.79 bits per heavy atom. The van der Waals surface area contributed by atoms with Crippen molar-refractivity contribution in [2.24, 2.45) is 17.8 Å². The van der Waals surface area contributed by atoms with Crippen LogP contribution < -0.4 is 9.64 Å². The predicted octanol–water partition coefficient (Wildman–Crippen LogP) is 5.40. The molecule has 2 amide bonds. The van der Waals surface area contributed by atoms with Gasteiger partial charge in [0.2, 0.25) is 17.7 Å². The molecule has 5 atom stereocenters. The largest absolute Gasteiger partial charge is 0.476 e. The molecule has 3 saturated heterocycles. The minimum Gasteiger partial charge on any atom is -0.476 e. The number of hydrogen-bond donors (Lipinski definition) is 0. The average molecular weight is 574 g/mol. The van der Waals surface area contributed by atoms with Crippen LogP contribution >= 0.6 is 11.6 Å². The molecule has 39 heavy (non-hydrogen) atoms. The lowest BCUT2D eigenvalue weighted by atomic mass is 9.64. The predicted molar refractivity (Wildman–Crippen MR) is 121 cm³/mol. The smallest absolute Gasteiger partial charge is 0.417 e. The van der Waals surface area contributed by atoms with E-state index in [1.165, 1.54) is 6.07 Å². The minimum absolute atomic E-state index is 0.163. The van der Waals surface area contributed by atoms with Crippen LogP contribution in [0.15, 0.2) is 30.5 Å². The van der Waals surface area contributed by atoms with Crippen molar-refractivity contribution >= 4 is 29.1 Å². The fraction of sp³-hybridized carbons (Fsp3) is 0.440. The van der Waals surface area contributed by atoms with Crippen molar-refractivity contribution in [3.05, 3.63) is 52.2 Å². The standard InChI is InChI=1S/C25H18ClF6N3O4/c1-22-7-13(10-38-19-16(26)5-12(9-34-19)24(27,28)29)23(2,39-22)18-17(22)20(36)35(21(18)37)14-4-3-11(8-33)15(6-14)25(30,31)32/h3-6,9,13,17-18H,7,10H2,1-2H3/t13-,17+,18-,22+,23-/m0/s1. The van der Waals surface area contributed by atoms with Gasteiger partial charge in [0.15, 0.2) is 0 Å². The number of ether oxygens (including phenoxy) is 2. The van der Waals surface area contributed by atoms with Gasteiger partial charge >= 0.3 is 12.4 Å². The fourth-order valence-corrected chi connectivity index (χ4v) is 6.26. The van der Waals surface area contributed by atoms with Crippen LogP contribution in [0, 0.1) is 29.1 Å². The molecule has 3 aliphatic heterocycles. The topological polar surface area (TPSA) is 92.5 Å². The minimum atomic E-state index is -4.89. The van der Waals surface area contributed by atoms with E-state index in [9.17, 15) is 35.9 Å². The van der Waals surface area contributed by atoms with Gasteiger partial charge in [0, 0.05) is 12.1 Å². The lowest BCUT2D eigenvalue weighted by Gasteiger charge is -2.35. The van der Waals surface area contributed by atoms with Crippen molar-refractivity contribution in [3.8, 4) is 11.9 Å². The van der Waals surface area contributed by atoms with Gasteiger partial charge in [0.1, 0.15) is 5.02 Å². The number of carbonyl (C=O) groups is 2. The number of carbonyl (C=O) groups excluding carboxylic acids is 2. The number of halogens is 7. The summed E-state index contributed by atoms with van der Waals surface area (Å²) in [5, 5.41) is 8.69. The molecule has 4 heterocycles. The van der Waals surface area contributed by atoms with E-state index in [2.05, 4.69) is 4.98 Å². The number of fused-ring (bicyclic) bond motifs is 5. The summed E-state index contributed by atoms with van der Waals surface area (Å²) in [5.74, 6) is -4.31. The Morgan fingerprint density at radius 1 is 1.13 bits per heavy atom. The molecule has 3 aliphatic rings. The van der Waals surface area contributed by atoms with Crippen LogP contribution in [0.3, 0.4) is 0 Å². The maximum absolute atomic E-state index is 13.6. The van der Waals surface area contributed by atoms with Gasteiger partial charge in [-0.15, -0.1) is 0 Å². The highest BCUT2D eigenvalue weighted by atomic mass is 35.5. The Balaban J connectivity index is 1.42. The number of nitrogens with zero attached hydrogens (tertiary/aromatic N) is 3. The zero-order valence-corrected chi connectivity index (χ0v) is 20.9. The zero-order valence-electron chi connectivity index (χ0n) is 20.2. The quantitative estimate of drug-likeness (QED) is 0.359. The molecule has 2 aromatic rings. The second kappa shape index (κ2) is 8.56. The van der Waals surface area contributed by atoms with E-state index in [4.69, 9.17) is 26.3 Å². The Kier molecular flexibility index (Phi) is 5.97. The first-order chi connectivity index (χ1) is 18.0. The van der Waals surface area contributed by atoms with Gasteiger partial charge in [-0.25, -0.2) is 9.88 Å². The van der Waals surface area contributed by atoms with Crippen LogP contribution in [0.2, 0.25) is 5.02 Å². The van der Waals surface area contributed by atoms with Gasteiger partial charge < -0.3 is 9.47 Å². The third kappa shape index (κ3) is 4.12. The van der Waals surface area contributed by atoms with Gasteiger partial charge in [0.25, 0.3) is 0 Å². The summed E-state index contributed by atoms with van der Waals surface area (Å²) in [5.41, 5.74) is -5.74. The van der Waals surface area contributed by atoms with E-state index in [0.717, 1.165) is 12.1 Å². The van der Waals surface area contributed by atoms with Crippen molar-refractivity contribution in [1.29, 1.82) is 5.26 Å². The first kappa shape index (κ1) is 27.2. The molecular formula is C25H18ClF6N3O4. The van der Waals surface area contributed by atoms with Gasteiger partial charge in [-0.3, -0.25) is 9.59 Å². The van der Waals surface area contributed by atoms with Crippen molar-refractivity contribution in [2.75, 3.05) is 11.5 Å². The van der Waals surface area contributed by atoms with Gasteiger partial charge in [0.05, 0.1) is 58.1 Å². The number of pyridine rings is 1. The van der Waals surface area contributed by atoms with Gasteiger partial charge in [-0.1, -0.05) is 11.6 Å². The molecule has 0 N–H and O–H groups in total. The second-order valence-corrected chi connectivity index (χ2v) is 10.5. The summed E-state index contributed by atoms with van der Waals surface area (Å²) in [6, 6.07) is 4.73. The number of aromatic nitrogens is 1. The summed E-state index contributed by atoms with van der Waals surface area (Å²) in [6.45, 7) is 3.05. The molecule has 3 fully saturated rings. The van der Waals surface area contributed by atoms with Crippen molar-refractivity contribution in [1.82, 2.24) is 4.98 Å². The van der Waals surface area contributed by atoms with Crippen LogP contribution in [0.1, 0.15) is 37.0 Å². The summed E-state index contributed by atoms with van der Waals surface area (Å²) >= 11 is 5.92. The Labute approximate surface area is 222 Å². The van der Waals surface area contributed by atoms with Crippen molar-refractivity contribution in [3.63, 3.8) is 0 Å². The lowest BCUT2D eigenvalue weighted by molar-refractivity contribution is -0.138. The van der Waals surface area contributed by atoms with E-state index in [1.807, 2.05) is 0 Å². The third-order valence-corrected chi connectivity index (χ3v) is 8.01. The van der Waals surface area contributed by atoms with E-state index in [1.54, 1.807) is 13.8 Å². The van der Waals surface area contributed by atoms with Gasteiger partial charge in [-0.2, -0.15) is 31.6 Å². The Morgan fingerprint density at radius 3 is 2.38 bits per heavy atom. The summed E-state index contributed by atoms with van der Waals surface area (Å²) in [7, 11) is 0. The van der Waals surface area contributed by atoms with Crippen LogP contribution in [0.25, 0.3) is 0 Å². The van der Waals surface area contributed by atoms with Crippen LogP contribution in [0.5, 0.6) is 5.88 Å². The van der Waals surface area contributed by atoms with E-state index < -0.39 is 69.8 Å². The van der Waals surface area contributed by atoms with Crippen LogP contribution in [0.4, 0.5) is 32.0 Å². The fourth-order valence-electron chi connectivity index (χ4n) is 6.04. The molecule has 7 nitrogen and oxygen atoms in total. The number of alkyl halides is 6. The highest BCUT2D eigenvalue weighted by Crippen LogP contribution is 2.63. The van der Waals surface area contributed by atoms with E-state index in [-0.39, 0.29) is 29.6 Å². The first-order valence-electron chi connectivity index (χ1n) is 11.6. The number of amides is 2. The maximum atomic E-state index is 13.6. The molecule has 14 heteroatoms. The van der Waals surface area contributed by atoms with Gasteiger partial charge in [-0.05, 0) is 44.5 Å². The van der Waals surface area contributed by atoms with Crippen molar-refractivity contribution < 1.29 is 45.4 Å². The molecule has 0 aliphatic carbocycles. The summed E-state index contributed by atoms with van der Waals surface area (Å²) in [6.07, 6.45) is -8.75. The summed E-state index contributed by atoms with van der Waals surface area (Å²) < 4.78 is 91.1. The molecule has 0 saturated carbocycles. The summed E-state index contributed by atoms with van der Waals surface area (Å²) in [4.78, 5) is 31.3. The molecule has 1 aromatic carbocycles. The van der Waals surface area contributed by atoms with E-state index >= 15 is 0 Å². The number of nitriles is 1. The lowest BCUT2D eigenvalue weighted by Crippen LogP contribution is -2.48. The molecule has 5 rings (SSSR count). The molecule has 0 radical (unpaired) electrons. The number of imide groups is 1. The first-order valence-corrected chi connectivity index (χ1v) is 11.9. The van der Waals surface area contributed by atoms with Crippen LogP contribution in [-0.2, 0) is 26.7 Å². The molecule has 206 valence electrons.